The van der Waals surface area contributed by atoms with E-state index in [0.717, 1.165) is 10.1 Å². The van der Waals surface area contributed by atoms with Crippen LogP contribution < -0.4 is 5.19 Å². The molecule has 0 aliphatic rings. The van der Waals surface area contributed by atoms with Crippen LogP contribution in [0.25, 0.3) is 0 Å². The molecule has 0 N–H and O–H groups in total. The van der Waals surface area contributed by atoms with Crippen LogP contribution >= 0.6 is 12.6 Å². The summed E-state index contributed by atoms with van der Waals surface area (Å²) in [7, 11) is -2.79. The summed E-state index contributed by atoms with van der Waals surface area (Å²) in [5.74, 6) is 0. The Morgan fingerprint density at radius 2 is 1.41 bits per heavy atom. The van der Waals surface area contributed by atoms with Gasteiger partial charge in [-0.2, -0.15) is 0 Å². The lowest BCUT2D eigenvalue weighted by atomic mass is 10.4. The van der Waals surface area contributed by atoms with Crippen LogP contribution in [0.3, 0.4) is 0 Å². The zero-order valence-electron chi connectivity index (χ0n) is 10.6. The Hall–Kier alpha value is -0.333. The minimum atomic E-state index is -2.79. The minimum Gasteiger partial charge on any atom is -0.370 e. The van der Waals surface area contributed by atoms with Crippen molar-refractivity contribution >= 4 is 26.6 Å². The normalized spacial score (nSPS) is 11.8. The number of rotatable bonds is 7. The summed E-state index contributed by atoms with van der Waals surface area (Å²) in [4.78, 5) is 0.856. The summed E-state index contributed by atoms with van der Waals surface area (Å²) in [5, 5.41) is 0.939. The Morgan fingerprint density at radius 1 is 0.941 bits per heavy atom. The fourth-order valence-electron chi connectivity index (χ4n) is 1.66. The smallest absolute Gasteiger partial charge is 0.370 e. The van der Waals surface area contributed by atoms with Crippen molar-refractivity contribution in [2.75, 3.05) is 19.8 Å². The van der Waals surface area contributed by atoms with E-state index in [0.29, 0.717) is 19.8 Å². The molecule has 0 atom stereocenters. The van der Waals surface area contributed by atoms with Gasteiger partial charge in [-0.25, -0.2) is 0 Å². The molecule has 0 aliphatic heterocycles. The molecule has 96 valence electrons. The van der Waals surface area contributed by atoms with E-state index in [9.17, 15) is 0 Å². The summed E-state index contributed by atoms with van der Waals surface area (Å²) >= 11 is 4.46. The Morgan fingerprint density at radius 3 is 1.82 bits per heavy atom. The van der Waals surface area contributed by atoms with Gasteiger partial charge in [-0.1, -0.05) is 18.2 Å². The van der Waals surface area contributed by atoms with E-state index in [2.05, 4.69) is 12.6 Å². The second-order valence-corrected chi connectivity index (χ2v) is 6.37. The number of thiol groups is 1. The highest BCUT2D eigenvalue weighted by molar-refractivity contribution is 7.80. The fraction of sp³-hybridized carbons (Fsp3) is 0.500. The molecule has 0 heterocycles. The van der Waals surface area contributed by atoms with Gasteiger partial charge in [0.05, 0.1) is 0 Å². The van der Waals surface area contributed by atoms with Gasteiger partial charge in [-0.05, 0) is 26.8 Å². The molecule has 0 bridgehead atoms. The third-order valence-corrected chi connectivity index (χ3v) is 5.94. The van der Waals surface area contributed by atoms with Crippen LogP contribution in [-0.2, 0) is 13.3 Å². The summed E-state index contributed by atoms with van der Waals surface area (Å²) in [5.41, 5.74) is 0. The van der Waals surface area contributed by atoms with Crippen molar-refractivity contribution in [2.24, 2.45) is 0 Å². The molecule has 5 heteroatoms. The van der Waals surface area contributed by atoms with Crippen molar-refractivity contribution in [3.8, 4) is 0 Å². The van der Waals surface area contributed by atoms with E-state index in [4.69, 9.17) is 13.3 Å². The Labute approximate surface area is 110 Å². The predicted molar refractivity (Wildman–Crippen MR) is 74.0 cm³/mol. The Kier molecular flexibility index (Phi) is 6.22. The molecule has 1 aromatic rings. The van der Waals surface area contributed by atoms with Gasteiger partial charge in [0.15, 0.2) is 0 Å². The maximum Gasteiger partial charge on any atom is 0.538 e. The highest BCUT2D eigenvalue weighted by Gasteiger charge is 2.44. The fourth-order valence-corrected chi connectivity index (χ4v) is 4.79. The molecule has 0 aromatic heterocycles. The second-order valence-electron chi connectivity index (χ2n) is 3.37. The van der Waals surface area contributed by atoms with Crippen molar-refractivity contribution < 1.29 is 13.3 Å². The number of hydrogen-bond acceptors (Lipinski definition) is 4. The Balaban J connectivity index is 3.14. The van der Waals surface area contributed by atoms with Crippen LogP contribution in [0.5, 0.6) is 0 Å². The van der Waals surface area contributed by atoms with Gasteiger partial charge in [0.2, 0.25) is 0 Å². The molecular weight excluding hydrogens is 252 g/mol. The monoisotopic (exact) mass is 272 g/mol. The molecule has 3 nitrogen and oxygen atoms in total. The lowest BCUT2D eigenvalue weighted by Gasteiger charge is -2.29. The number of hydrogen-bond donors (Lipinski definition) is 1. The zero-order valence-corrected chi connectivity index (χ0v) is 12.5. The molecule has 0 fully saturated rings. The van der Waals surface area contributed by atoms with Gasteiger partial charge >= 0.3 is 8.80 Å². The van der Waals surface area contributed by atoms with Crippen LogP contribution in [0.1, 0.15) is 20.8 Å². The van der Waals surface area contributed by atoms with Crippen LogP contribution in [0, 0.1) is 0 Å². The summed E-state index contributed by atoms with van der Waals surface area (Å²) < 4.78 is 17.5. The lowest BCUT2D eigenvalue weighted by molar-refractivity contribution is 0.0854. The molecule has 0 amide bonds. The van der Waals surface area contributed by atoms with Crippen molar-refractivity contribution in [1.82, 2.24) is 0 Å². The van der Waals surface area contributed by atoms with Crippen LogP contribution in [0.2, 0.25) is 0 Å². The van der Waals surface area contributed by atoms with Gasteiger partial charge in [-0.15, -0.1) is 12.6 Å². The average Bonchev–Trinajstić information content (AvgIpc) is 2.30. The van der Waals surface area contributed by atoms with Crippen molar-refractivity contribution in [1.29, 1.82) is 0 Å². The maximum absolute atomic E-state index is 5.82. The summed E-state index contributed by atoms with van der Waals surface area (Å²) in [6, 6.07) is 7.79. The standard InChI is InChI=1S/C12H20O3SSi/c1-4-13-17(14-5-2,15-6-3)12-10-8-7-9-11(12)16/h7-10,16H,4-6H2,1-3H3. The molecule has 1 rings (SSSR count). The molecular formula is C12H20O3SSi. The molecule has 0 saturated heterocycles. The molecule has 0 spiro atoms. The molecule has 1 aromatic carbocycles. The first kappa shape index (κ1) is 14.7. The first-order valence-corrected chi connectivity index (χ1v) is 8.07. The topological polar surface area (TPSA) is 27.7 Å². The zero-order chi connectivity index (χ0) is 12.7. The van der Waals surface area contributed by atoms with Crippen LogP contribution in [0.15, 0.2) is 29.2 Å². The van der Waals surface area contributed by atoms with Crippen molar-refractivity contribution in [3.63, 3.8) is 0 Å². The van der Waals surface area contributed by atoms with Gasteiger partial charge in [0, 0.05) is 29.9 Å². The molecule has 0 aliphatic carbocycles. The quantitative estimate of drug-likeness (QED) is 0.609. The summed E-state index contributed by atoms with van der Waals surface area (Å²) in [6.07, 6.45) is 0. The van der Waals surface area contributed by atoms with Gasteiger partial charge in [0.1, 0.15) is 0 Å². The average molecular weight is 272 g/mol. The van der Waals surface area contributed by atoms with Gasteiger partial charge in [0.25, 0.3) is 0 Å². The molecule has 0 radical (unpaired) electrons. The lowest BCUT2D eigenvalue weighted by Crippen LogP contribution is -2.57. The van der Waals surface area contributed by atoms with Gasteiger partial charge in [-0.3, -0.25) is 0 Å². The third-order valence-electron chi connectivity index (χ3n) is 2.24. The highest BCUT2D eigenvalue weighted by Crippen LogP contribution is 2.15. The molecule has 0 unspecified atom stereocenters. The largest absolute Gasteiger partial charge is 0.538 e. The predicted octanol–water partition coefficient (Wildman–Crippen LogP) is 2.23. The Bertz CT molecular complexity index is 329. The maximum atomic E-state index is 5.82. The first-order valence-electron chi connectivity index (χ1n) is 5.90. The van der Waals surface area contributed by atoms with E-state index in [1.165, 1.54) is 0 Å². The van der Waals surface area contributed by atoms with E-state index in [1.807, 2.05) is 45.0 Å². The van der Waals surface area contributed by atoms with E-state index < -0.39 is 8.80 Å². The first-order chi connectivity index (χ1) is 8.20. The van der Waals surface area contributed by atoms with Crippen molar-refractivity contribution in [2.45, 2.75) is 25.7 Å². The van der Waals surface area contributed by atoms with Crippen molar-refractivity contribution in [3.05, 3.63) is 24.3 Å². The van der Waals surface area contributed by atoms with E-state index >= 15 is 0 Å². The van der Waals surface area contributed by atoms with E-state index in [-0.39, 0.29) is 0 Å². The molecule has 17 heavy (non-hydrogen) atoms. The minimum absolute atomic E-state index is 0.564. The van der Waals surface area contributed by atoms with E-state index in [1.54, 1.807) is 0 Å². The van der Waals surface area contributed by atoms with Crippen LogP contribution in [-0.4, -0.2) is 28.6 Å². The third kappa shape index (κ3) is 3.56. The highest BCUT2D eigenvalue weighted by atomic mass is 32.1. The SMILES string of the molecule is CCO[Si](OCC)(OCC)c1ccccc1S. The van der Waals surface area contributed by atoms with Gasteiger partial charge < -0.3 is 13.3 Å². The second kappa shape index (κ2) is 7.18. The number of benzene rings is 1. The summed E-state index contributed by atoms with van der Waals surface area (Å²) in [6.45, 7) is 7.53. The van der Waals surface area contributed by atoms with Crippen LogP contribution in [0.4, 0.5) is 0 Å². The molecule has 0 saturated carbocycles.